The van der Waals surface area contributed by atoms with E-state index in [1.54, 1.807) is 0 Å². The normalized spacial score (nSPS) is 17.9. The van der Waals surface area contributed by atoms with Gasteiger partial charge in [0, 0.05) is 23.2 Å². The molecule has 1 aromatic carbocycles. The van der Waals surface area contributed by atoms with Crippen LogP contribution in [0.2, 0.25) is 0 Å². The van der Waals surface area contributed by atoms with Crippen LogP contribution in [0.1, 0.15) is 115 Å². The zero-order valence-corrected chi connectivity index (χ0v) is 23.1. The molecule has 0 bridgehead atoms. The number of rotatable bonds is 17. The standard InChI is InChI=1S/C32H49NO3/c1-4-6-8-10-12-14-16-27-24-35-32(36-25-27)29-17-19-30(33-23-29)28-18-20-31(26(3)22-28)34-21-15-13-11-9-7-5-2/h17-20,22-23,27,32H,4-16,21,24-25H2,1-3H3/t27-,32-. The van der Waals surface area contributed by atoms with E-state index in [1.807, 2.05) is 6.20 Å². The van der Waals surface area contributed by atoms with E-state index in [0.29, 0.717) is 5.92 Å². The van der Waals surface area contributed by atoms with Gasteiger partial charge in [0.2, 0.25) is 0 Å². The van der Waals surface area contributed by atoms with Gasteiger partial charge in [-0.25, -0.2) is 0 Å². The van der Waals surface area contributed by atoms with Crippen molar-refractivity contribution in [3.8, 4) is 17.0 Å². The Hall–Kier alpha value is -1.91. The summed E-state index contributed by atoms with van der Waals surface area (Å²) in [4.78, 5) is 4.71. The number of ether oxygens (including phenoxy) is 3. The average Bonchev–Trinajstić information content (AvgIpc) is 2.91. The number of hydrogen-bond acceptors (Lipinski definition) is 4. The monoisotopic (exact) mass is 495 g/mol. The van der Waals surface area contributed by atoms with Crippen molar-refractivity contribution in [3.63, 3.8) is 0 Å². The smallest absolute Gasteiger partial charge is 0.185 e. The number of aromatic nitrogens is 1. The number of unbranched alkanes of at least 4 members (excludes halogenated alkanes) is 10. The number of aryl methyl sites for hydroxylation is 1. The molecule has 36 heavy (non-hydrogen) atoms. The highest BCUT2D eigenvalue weighted by atomic mass is 16.7. The van der Waals surface area contributed by atoms with Crippen LogP contribution >= 0.6 is 0 Å². The maximum Gasteiger partial charge on any atom is 0.185 e. The van der Waals surface area contributed by atoms with Gasteiger partial charge in [0.05, 0.1) is 25.5 Å². The van der Waals surface area contributed by atoms with Crippen LogP contribution in [0.4, 0.5) is 0 Å². The molecule has 200 valence electrons. The predicted molar refractivity (Wildman–Crippen MR) is 149 cm³/mol. The van der Waals surface area contributed by atoms with Gasteiger partial charge in [0.25, 0.3) is 0 Å². The van der Waals surface area contributed by atoms with Gasteiger partial charge in [0.15, 0.2) is 6.29 Å². The minimum absolute atomic E-state index is 0.299. The fourth-order valence-electron chi connectivity index (χ4n) is 4.87. The third-order valence-corrected chi connectivity index (χ3v) is 7.22. The second-order valence-electron chi connectivity index (χ2n) is 10.5. The molecule has 1 fully saturated rings. The quantitative estimate of drug-likeness (QED) is 0.205. The van der Waals surface area contributed by atoms with Gasteiger partial charge in [-0.05, 0) is 49.6 Å². The van der Waals surface area contributed by atoms with Crippen LogP contribution in [0.3, 0.4) is 0 Å². The zero-order chi connectivity index (χ0) is 25.4. The summed E-state index contributed by atoms with van der Waals surface area (Å²) in [7, 11) is 0. The van der Waals surface area contributed by atoms with Gasteiger partial charge < -0.3 is 14.2 Å². The number of nitrogens with zero attached hydrogens (tertiary/aromatic N) is 1. The first-order valence-electron chi connectivity index (χ1n) is 14.6. The molecule has 0 atom stereocenters. The van der Waals surface area contributed by atoms with Crippen molar-refractivity contribution >= 4 is 0 Å². The van der Waals surface area contributed by atoms with Crippen LogP contribution in [0.25, 0.3) is 11.3 Å². The Labute approximate surface area is 220 Å². The van der Waals surface area contributed by atoms with Crippen molar-refractivity contribution in [3.05, 3.63) is 47.7 Å². The highest BCUT2D eigenvalue weighted by Crippen LogP contribution is 2.29. The molecule has 0 amide bonds. The molecule has 4 nitrogen and oxygen atoms in total. The Morgan fingerprint density at radius 1 is 0.806 bits per heavy atom. The van der Waals surface area contributed by atoms with Crippen molar-refractivity contribution in [1.82, 2.24) is 4.98 Å². The second kappa shape index (κ2) is 16.8. The van der Waals surface area contributed by atoms with Gasteiger partial charge >= 0.3 is 0 Å². The molecular weight excluding hydrogens is 446 g/mol. The molecule has 4 heteroatoms. The van der Waals surface area contributed by atoms with Crippen LogP contribution in [-0.4, -0.2) is 24.8 Å². The molecule has 0 N–H and O–H groups in total. The van der Waals surface area contributed by atoms with Gasteiger partial charge in [-0.2, -0.15) is 0 Å². The van der Waals surface area contributed by atoms with Gasteiger partial charge in [0.1, 0.15) is 5.75 Å². The lowest BCUT2D eigenvalue weighted by Crippen LogP contribution is -2.27. The third kappa shape index (κ3) is 9.86. The van der Waals surface area contributed by atoms with Gasteiger partial charge in [-0.1, -0.05) is 90.5 Å². The van der Waals surface area contributed by atoms with Crippen molar-refractivity contribution in [2.24, 2.45) is 5.92 Å². The first kappa shape index (κ1) is 28.7. The van der Waals surface area contributed by atoms with Gasteiger partial charge in [-0.15, -0.1) is 0 Å². The average molecular weight is 496 g/mol. The molecule has 1 aliphatic heterocycles. The Balaban J connectivity index is 1.40. The number of hydrogen-bond donors (Lipinski definition) is 0. The lowest BCUT2D eigenvalue weighted by Gasteiger charge is -2.29. The molecule has 2 heterocycles. The molecule has 0 radical (unpaired) electrons. The first-order chi connectivity index (χ1) is 17.7. The van der Waals surface area contributed by atoms with Crippen molar-refractivity contribution in [2.45, 2.75) is 111 Å². The summed E-state index contributed by atoms with van der Waals surface area (Å²) in [6.07, 6.45) is 18.5. The number of pyridine rings is 1. The van der Waals surface area contributed by atoms with Gasteiger partial charge in [-0.3, -0.25) is 4.98 Å². The predicted octanol–water partition coefficient (Wildman–Crippen LogP) is 9.21. The lowest BCUT2D eigenvalue weighted by molar-refractivity contribution is -0.206. The minimum Gasteiger partial charge on any atom is -0.493 e. The Bertz CT molecular complexity index is 843. The maximum atomic E-state index is 6.05. The van der Waals surface area contributed by atoms with E-state index in [1.165, 1.54) is 77.0 Å². The fourth-order valence-corrected chi connectivity index (χ4v) is 4.87. The summed E-state index contributed by atoms with van der Waals surface area (Å²) in [5.41, 5.74) is 4.21. The van der Waals surface area contributed by atoms with Crippen molar-refractivity contribution in [2.75, 3.05) is 19.8 Å². The highest BCUT2D eigenvalue weighted by molar-refractivity contribution is 5.62. The summed E-state index contributed by atoms with van der Waals surface area (Å²) in [6.45, 7) is 8.98. The Morgan fingerprint density at radius 3 is 2.11 bits per heavy atom. The summed E-state index contributed by atoms with van der Waals surface area (Å²) >= 11 is 0. The van der Waals surface area contributed by atoms with Crippen LogP contribution < -0.4 is 4.74 Å². The van der Waals surface area contributed by atoms with E-state index < -0.39 is 0 Å². The van der Waals surface area contributed by atoms with Crippen molar-refractivity contribution < 1.29 is 14.2 Å². The molecule has 1 aromatic heterocycles. The van der Waals surface area contributed by atoms with E-state index >= 15 is 0 Å². The van der Waals surface area contributed by atoms with Crippen LogP contribution in [0.15, 0.2) is 36.5 Å². The van der Waals surface area contributed by atoms with E-state index in [9.17, 15) is 0 Å². The van der Waals surface area contributed by atoms with E-state index in [4.69, 9.17) is 19.2 Å². The second-order valence-corrected chi connectivity index (χ2v) is 10.5. The molecule has 1 aliphatic rings. The molecule has 0 aliphatic carbocycles. The molecule has 1 saturated heterocycles. The van der Waals surface area contributed by atoms with Crippen molar-refractivity contribution in [1.29, 1.82) is 0 Å². The fraction of sp³-hybridized carbons (Fsp3) is 0.656. The highest BCUT2D eigenvalue weighted by Gasteiger charge is 2.23. The minimum atomic E-state index is -0.299. The topological polar surface area (TPSA) is 40.6 Å². The Kier molecular flexibility index (Phi) is 13.3. The molecule has 0 saturated carbocycles. The SMILES string of the molecule is CCCCCCCCOc1ccc(-c2ccc([C@H]3OC[C@H](CCCCCCCC)CO3)cn2)cc1C. The summed E-state index contributed by atoms with van der Waals surface area (Å²) in [5.74, 6) is 1.49. The molecule has 3 rings (SSSR count). The van der Waals surface area contributed by atoms with E-state index in [2.05, 4.69) is 51.1 Å². The maximum absolute atomic E-state index is 6.05. The Morgan fingerprint density at radius 2 is 1.47 bits per heavy atom. The molecule has 0 spiro atoms. The zero-order valence-electron chi connectivity index (χ0n) is 23.1. The summed E-state index contributed by atoms with van der Waals surface area (Å²) < 4.78 is 18.1. The molecule has 2 aromatic rings. The van der Waals surface area contributed by atoms with Crippen LogP contribution in [0, 0.1) is 12.8 Å². The van der Waals surface area contributed by atoms with E-state index in [-0.39, 0.29) is 6.29 Å². The largest absolute Gasteiger partial charge is 0.493 e. The lowest BCUT2D eigenvalue weighted by atomic mass is 10.0. The van der Waals surface area contributed by atoms with Crippen LogP contribution in [-0.2, 0) is 9.47 Å². The molecular formula is C32H49NO3. The first-order valence-corrected chi connectivity index (χ1v) is 14.6. The van der Waals surface area contributed by atoms with Crippen LogP contribution in [0.5, 0.6) is 5.75 Å². The summed E-state index contributed by atoms with van der Waals surface area (Å²) in [5, 5.41) is 0. The van der Waals surface area contributed by atoms with E-state index in [0.717, 1.165) is 54.4 Å². The summed E-state index contributed by atoms with van der Waals surface area (Å²) in [6, 6.07) is 10.5. The number of benzene rings is 1. The molecule has 0 unspecified atom stereocenters. The third-order valence-electron chi connectivity index (χ3n) is 7.22.